The van der Waals surface area contributed by atoms with Crippen LogP contribution in [0.2, 0.25) is 0 Å². The summed E-state index contributed by atoms with van der Waals surface area (Å²) in [5.74, 6) is 6.76. The number of anilines is 1. The van der Waals surface area contributed by atoms with Crippen LogP contribution in [0.4, 0.5) is 10.6 Å². The first-order chi connectivity index (χ1) is 11.4. The molecule has 0 N–H and O–H groups in total. The van der Waals surface area contributed by atoms with Crippen molar-refractivity contribution < 1.29 is 9.53 Å². The number of hydrogen-bond acceptors (Lipinski definition) is 3. The molecule has 3 rings (SSSR count). The third-order valence-corrected chi connectivity index (χ3v) is 3.93. The van der Waals surface area contributed by atoms with Crippen LogP contribution in [0.5, 0.6) is 0 Å². The highest BCUT2D eigenvalue weighted by Gasteiger charge is 2.39. The second kappa shape index (κ2) is 6.37. The molecule has 4 heteroatoms. The van der Waals surface area contributed by atoms with Crippen molar-refractivity contribution in [2.45, 2.75) is 26.9 Å². The van der Waals surface area contributed by atoms with Crippen LogP contribution in [0, 0.1) is 17.3 Å². The van der Waals surface area contributed by atoms with Gasteiger partial charge in [-0.3, -0.25) is 4.90 Å². The van der Waals surface area contributed by atoms with Gasteiger partial charge in [-0.25, -0.2) is 9.78 Å². The van der Waals surface area contributed by atoms with Gasteiger partial charge in [0, 0.05) is 22.7 Å². The zero-order chi connectivity index (χ0) is 17.2. The fraction of sp³-hybridized carbons (Fsp3) is 0.300. The Balaban J connectivity index is 1.74. The van der Waals surface area contributed by atoms with Crippen molar-refractivity contribution >= 4 is 11.9 Å². The van der Waals surface area contributed by atoms with Crippen LogP contribution in [0.3, 0.4) is 0 Å². The van der Waals surface area contributed by atoms with Gasteiger partial charge in [0.15, 0.2) is 0 Å². The van der Waals surface area contributed by atoms with Crippen molar-refractivity contribution in [1.29, 1.82) is 0 Å². The van der Waals surface area contributed by atoms with Crippen LogP contribution < -0.4 is 4.90 Å². The van der Waals surface area contributed by atoms with E-state index in [-0.39, 0.29) is 17.6 Å². The maximum Gasteiger partial charge on any atom is 0.415 e. The van der Waals surface area contributed by atoms with E-state index in [0.29, 0.717) is 12.4 Å². The molecule has 1 aliphatic heterocycles. The Bertz CT molecular complexity index is 780. The van der Waals surface area contributed by atoms with Crippen LogP contribution in [0.25, 0.3) is 0 Å². The number of aromatic nitrogens is 1. The largest absolute Gasteiger partial charge is 0.443 e. The first-order valence-corrected chi connectivity index (χ1v) is 7.95. The normalized spacial score (nSPS) is 17.2. The second-order valence-electron chi connectivity index (χ2n) is 6.87. The van der Waals surface area contributed by atoms with E-state index in [1.54, 1.807) is 17.2 Å². The monoisotopic (exact) mass is 320 g/mol. The summed E-state index contributed by atoms with van der Waals surface area (Å²) in [6.07, 6.45) is 1.21. The van der Waals surface area contributed by atoms with Gasteiger partial charge >= 0.3 is 6.09 Å². The summed E-state index contributed by atoms with van der Waals surface area (Å²) in [5, 5.41) is 0. The minimum absolute atomic E-state index is 0.0918. The van der Waals surface area contributed by atoms with Crippen LogP contribution in [-0.4, -0.2) is 23.7 Å². The van der Waals surface area contributed by atoms with E-state index >= 15 is 0 Å². The topological polar surface area (TPSA) is 42.4 Å². The number of amides is 1. The number of benzene rings is 1. The first-order valence-electron chi connectivity index (χ1n) is 7.95. The molecule has 1 aliphatic rings. The highest BCUT2D eigenvalue weighted by atomic mass is 16.6. The number of nitrogens with zero attached hydrogens (tertiary/aromatic N) is 2. The van der Waals surface area contributed by atoms with Gasteiger partial charge in [-0.15, -0.1) is 0 Å². The molecule has 1 aromatic heterocycles. The highest BCUT2D eigenvalue weighted by molar-refractivity contribution is 5.88. The van der Waals surface area contributed by atoms with E-state index in [1.165, 1.54) is 0 Å². The van der Waals surface area contributed by atoms with Gasteiger partial charge in [0.05, 0.1) is 6.54 Å². The van der Waals surface area contributed by atoms with E-state index in [0.717, 1.165) is 11.1 Å². The van der Waals surface area contributed by atoms with E-state index in [2.05, 4.69) is 37.6 Å². The Morgan fingerprint density at radius 2 is 1.79 bits per heavy atom. The molecule has 2 heterocycles. The van der Waals surface area contributed by atoms with Crippen molar-refractivity contribution in [3.8, 4) is 11.8 Å². The molecule has 1 fully saturated rings. The molecule has 1 atom stereocenters. The van der Waals surface area contributed by atoms with E-state index in [1.807, 2.05) is 36.4 Å². The Kier molecular flexibility index (Phi) is 4.26. The lowest BCUT2D eigenvalue weighted by Gasteiger charge is -2.24. The Morgan fingerprint density at radius 1 is 1.08 bits per heavy atom. The maximum absolute atomic E-state index is 12.1. The SMILES string of the molecule is CC(C)(C)[C@H]1CN(c2ccc(C#Cc3ccccc3)cn2)C(=O)O1. The van der Waals surface area contributed by atoms with Crippen LogP contribution >= 0.6 is 0 Å². The molecule has 0 aliphatic carbocycles. The summed E-state index contributed by atoms with van der Waals surface area (Å²) in [6, 6.07) is 13.5. The minimum atomic E-state index is -0.342. The Labute approximate surface area is 142 Å². The molecule has 0 spiro atoms. The second-order valence-corrected chi connectivity index (χ2v) is 6.87. The summed E-state index contributed by atoms with van der Waals surface area (Å²) in [4.78, 5) is 18.0. The first kappa shape index (κ1) is 16.1. The zero-order valence-corrected chi connectivity index (χ0v) is 14.1. The molecule has 1 saturated heterocycles. The van der Waals surface area contributed by atoms with Gasteiger partial charge in [-0.2, -0.15) is 0 Å². The van der Waals surface area contributed by atoms with Crippen molar-refractivity contribution in [3.63, 3.8) is 0 Å². The van der Waals surface area contributed by atoms with Crippen molar-refractivity contribution in [1.82, 2.24) is 4.98 Å². The predicted molar refractivity (Wildman–Crippen MR) is 93.7 cm³/mol. The van der Waals surface area contributed by atoms with E-state index < -0.39 is 0 Å². The number of pyridine rings is 1. The summed E-state index contributed by atoms with van der Waals surface area (Å²) < 4.78 is 5.45. The van der Waals surface area contributed by atoms with Gasteiger partial charge in [0.2, 0.25) is 0 Å². The maximum atomic E-state index is 12.1. The number of hydrogen-bond donors (Lipinski definition) is 0. The highest BCUT2D eigenvalue weighted by Crippen LogP contribution is 2.30. The van der Waals surface area contributed by atoms with Crippen LogP contribution in [0.1, 0.15) is 31.9 Å². The molecule has 1 aromatic carbocycles. The van der Waals surface area contributed by atoms with Crippen molar-refractivity contribution in [2.24, 2.45) is 5.41 Å². The van der Waals surface area contributed by atoms with Gasteiger partial charge in [0.25, 0.3) is 0 Å². The lowest BCUT2D eigenvalue weighted by atomic mass is 9.89. The minimum Gasteiger partial charge on any atom is -0.443 e. The van der Waals surface area contributed by atoms with Crippen LogP contribution in [-0.2, 0) is 4.74 Å². The molecule has 0 unspecified atom stereocenters. The van der Waals surface area contributed by atoms with Crippen molar-refractivity contribution in [3.05, 3.63) is 59.8 Å². The predicted octanol–water partition coefficient (Wildman–Crippen LogP) is 3.85. The molecule has 0 saturated carbocycles. The molecule has 0 bridgehead atoms. The van der Waals surface area contributed by atoms with Gasteiger partial charge in [-0.05, 0) is 24.3 Å². The standard InChI is InChI=1S/C20H20N2O2/c1-20(2,3)17-14-22(19(23)24-17)18-12-11-16(13-21-18)10-9-15-7-5-4-6-8-15/h4-8,11-13,17H,14H2,1-3H3/t17-/m1/s1. The van der Waals surface area contributed by atoms with E-state index in [4.69, 9.17) is 4.74 Å². The summed E-state index contributed by atoms with van der Waals surface area (Å²) in [5.41, 5.74) is 1.67. The fourth-order valence-electron chi connectivity index (χ4n) is 2.39. The molecule has 122 valence electrons. The average Bonchev–Trinajstić information content (AvgIpc) is 2.97. The molecular weight excluding hydrogens is 300 g/mol. The number of cyclic esters (lactones) is 1. The molecular formula is C20H20N2O2. The lowest BCUT2D eigenvalue weighted by Crippen LogP contribution is -2.31. The average molecular weight is 320 g/mol. The van der Waals surface area contributed by atoms with Crippen LogP contribution in [0.15, 0.2) is 48.7 Å². The lowest BCUT2D eigenvalue weighted by molar-refractivity contribution is 0.0728. The van der Waals surface area contributed by atoms with Crippen molar-refractivity contribution in [2.75, 3.05) is 11.4 Å². The molecule has 0 radical (unpaired) electrons. The van der Waals surface area contributed by atoms with Gasteiger partial charge < -0.3 is 4.74 Å². The zero-order valence-electron chi connectivity index (χ0n) is 14.1. The fourth-order valence-corrected chi connectivity index (χ4v) is 2.39. The smallest absolute Gasteiger partial charge is 0.415 e. The molecule has 24 heavy (non-hydrogen) atoms. The number of carbonyl (C=O) groups excluding carboxylic acids is 1. The van der Waals surface area contributed by atoms with E-state index in [9.17, 15) is 4.79 Å². The molecule has 1 amide bonds. The third kappa shape index (κ3) is 3.57. The Morgan fingerprint density at radius 3 is 2.38 bits per heavy atom. The molecule has 4 nitrogen and oxygen atoms in total. The number of ether oxygens (including phenoxy) is 1. The molecule has 2 aromatic rings. The summed E-state index contributed by atoms with van der Waals surface area (Å²) in [7, 11) is 0. The summed E-state index contributed by atoms with van der Waals surface area (Å²) >= 11 is 0. The third-order valence-electron chi connectivity index (χ3n) is 3.93. The Hall–Kier alpha value is -2.80. The number of carbonyl (C=O) groups is 1. The quantitative estimate of drug-likeness (QED) is 0.750. The summed E-state index contributed by atoms with van der Waals surface area (Å²) in [6.45, 7) is 6.70. The van der Waals surface area contributed by atoms with Gasteiger partial charge in [0.1, 0.15) is 11.9 Å². The van der Waals surface area contributed by atoms with Gasteiger partial charge in [-0.1, -0.05) is 50.8 Å². The number of rotatable bonds is 1.